The molecule has 0 amide bonds. The molecule has 0 aliphatic carbocycles. The Bertz CT molecular complexity index is 1310. The predicted molar refractivity (Wildman–Crippen MR) is 116 cm³/mol. The lowest BCUT2D eigenvalue weighted by Gasteiger charge is -2.22. The van der Waals surface area contributed by atoms with Gasteiger partial charge in [0, 0.05) is 57.0 Å². The summed E-state index contributed by atoms with van der Waals surface area (Å²) in [4.78, 5) is 26.6. The first-order valence-corrected chi connectivity index (χ1v) is 10.3. The van der Waals surface area contributed by atoms with E-state index >= 15 is 0 Å². The first-order chi connectivity index (χ1) is 15.0. The number of rotatable bonds is 4. The van der Waals surface area contributed by atoms with Gasteiger partial charge in [0.05, 0.1) is 18.1 Å². The molecule has 31 heavy (non-hydrogen) atoms. The highest BCUT2D eigenvalue weighted by molar-refractivity contribution is 5.74. The van der Waals surface area contributed by atoms with Crippen LogP contribution < -0.4 is 11.0 Å². The lowest BCUT2D eigenvalue weighted by Crippen LogP contribution is -2.30. The lowest BCUT2D eigenvalue weighted by atomic mass is 10.1. The van der Waals surface area contributed by atoms with Crippen LogP contribution >= 0.6 is 0 Å². The summed E-state index contributed by atoms with van der Waals surface area (Å²) in [6, 6.07) is 2.03. The van der Waals surface area contributed by atoms with E-state index in [1.807, 2.05) is 32.4 Å². The summed E-state index contributed by atoms with van der Waals surface area (Å²) in [6.07, 6.45) is 8.79. The molecule has 0 aromatic carbocycles. The Kier molecular flexibility index (Phi) is 4.78. The normalized spacial score (nSPS) is 14.9. The van der Waals surface area contributed by atoms with Crippen molar-refractivity contribution in [1.29, 1.82) is 0 Å². The number of hydrogen-bond acceptors (Lipinski definition) is 7. The van der Waals surface area contributed by atoms with E-state index in [-0.39, 0.29) is 11.7 Å². The Balaban J connectivity index is 1.53. The first kappa shape index (κ1) is 19.4. The Morgan fingerprint density at radius 2 is 1.94 bits per heavy atom. The van der Waals surface area contributed by atoms with Gasteiger partial charge in [-0.3, -0.25) is 18.8 Å². The maximum Gasteiger partial charge on any atom is 0.330 e. The number of nitrogens with one attached hydrogen (secondary N) is 1. The van der Waals surface area contributed by atoms with E-state index in [0.29, 0.717) is 30.3 Å². The van der Waals surface area contributed by atoms with Crippen molar-refractivity contribution in [3.8, 4) is 11.3 Å². The minimum Gasteiger partial charge on any atom is -0.381 e. The summed E-state index contributed by atoms with van der Waals surface area (Å²) in [6.45, 7) is 3.27. The van der Waals surface area contributed by atoms with E-state index < -0.39 is 0 Å². The molecule has 1 N–H and O–H groups in total. The van der Waals surface area contributed by atoms with Gasteiger partial charge in [-0.2, -0.15) is 10.1 Å². The summed E-state index contributed by atoms with van der Waals surface area (Å²) in [5.41, 5.74) is 4.82. The Morgan fingerprint density at radius 3 is 2.68 bits per heavy atom. The number of aromatic nitrogens is 7. The number of ether oxygens (including phenoxy) is 1. The fourth-order valence-corrected chi connectivity index (χ4v) is 3.96. The van der Waals surface area contributed by atoms with Crippen molar-refractivity contribution in [3.05, 3.63) is 46.9 Å². The van der Waals surface area contributed by atoms with Gasteiger partial charge in [-0.05, 0) is 31.4 Å². The molecule has 1 saturated heterocycles. The minimum absolute atomic E-state index is 0.0764. The van der Waals surface area contributed by atoms with E-state index in [4.69, 9.17) is 9.72 Å². The van der Waals surface area contributed by atoms with Crippen LogP contribution in [0.4, 0.5) is 11.6 Å². The molecule has 0 spiro atoms. The van der Waals surface area contributed by atoms with Gasteiger partial charge in [0.25, 0.3) is 0 Å². The maximum atomic E-state index is 12.9. The van der Waals surface area contributed by atoms with Crippen molar-refractivity contribution in [2.45, 2.75) is 25.8 Å². The number of hydrogen-bond donors (Lipinski definition) is 1. The quantitative estimate of drug-likeness (QED) is 0.540. The van der Waals surface area contributed by atoms with Gasteiger partial charge in [-0.1, -0.05) is 0 Å². The van der Waals surface area contributed by atoms with Crippen molar-refractivity contribution in [2.24, 2.45) is 14.1 Å². The molecule has 1 fully saturated rings. The largest absolute Gasteiger partial charge is 0.381 e. The molecule has 0 bridgehead atoms. The number of fused-ring (bicyclic) bond motifs is 1. The second-order valence-corrected chi connectivity index (χ2v) is 7.87. The summed E-state index contributed by atoms with van der Waals surface area (Å²) in [5.74, 6) is 0.436. The van der Waals surface area contributed by atoms with Crippen LogP contribution in [0.5, 0.6) is 0 Å². The van der Waals surface area contributed by atoms with Crippen molar-refractivity contribution >= 4 is 22.8 Å². The molecule has 10 nitrogen and oxygen atoms in total. The van der Waals surface area contributed by atoms with Crippen LogP contribution in [0.15, 0.2) is 35.6 Å². The predicted octanol–water partition coefficient (Wildman–Crippen LogP) is 2.33. The topological polar surface area (TPSA) is 105 Å². The van der Waals surface area contributed by atoms with Gasteiger partial charge < -0.3 is 10.1 Å². The number of pyridine rings is 1. The number of aryl methyl sites for hydroxylation is 3. The number of anilines is 2. The minimum atomic E-state index is -0.0766. The zero-order chi connectivity index (χ0) is 21.5. The average Bonchev–Trinajstić information content (AvgIpc) is 3.31. The Labute approximate surface area is 178 Å². The van der Waals surface area contributed by atoms with Crippen molar-refractivity contribution in [1.82, 2.24) is 33.9 Å². The third kappa shape index (κ3) is 3.48. The number of imidazole rings is 1. The lowest BCUT2D eigenvalue weighted by molar-refractivity contribution is 0.0695. The van der Waals surface area contributed by atoms with Gasteiger partial charge in [0.1, 0.15) is 5.52 Å². The highest BCUT2D eigenvalue weighted by Crippen LogP contribution is 2.26. The molecule has 10 heteroatoms. The van der Waals surface area contributed by atoms with Crippen molar-refractivity contribution in [2.75, 3.05) is 18.5 Å². The molecule has 4 aromatic heterocycles. The summed E-state index contributed by atoms with van der Waals surface area (Å²) in [5, 5.41) is 7.52. The van der Waals surface area contributed by atoms with Gasteiger partial charge in [-0.25, -0.2) is 9.78 Å². The van der Waals surface area contributed by atoms with E-state index in [0.717, 1.165) is 35.3 Å². The average molecular weight is 420 g/mol. The molecule has 0 saturated carbocycles. The second-order valence-electron chi connectivity index (χ2n) is 7.87. The molecule has 1 aliphatic heterocycles. The molecule has 5 heterocycles. The smallest absolute Gasteiger partial charge is 0.330 e. The third-order valence-electron chi connectivity index (χ3n) is 5.74. The van der Waals surface area contributed by atoms with Crippen LogP contribution in [-0.4, -0.2) is 47.1 Å². The highest BCUT2D eigenvalue weighted by Gasteiger charge is 2.23. The first-order valence-electron chi connectivity index (χ1n) is 10.3. The van der Waals surface area contributed by atoms with E-state index in [2.05, 4.69) is 20.4 Å². The van der Waals surface area contributed by atoms with E-state index in [1.165, 1.54) is 0 Å². The van der Waals surface area contributed by atoms with E-state index in [1.54, 1.807) is 33.3 Å². The van der Waals surface area contributed by atoms with Gasteiger partial charge in [0.15, 0.2) is 5.65 Å². The Morgan fingerprint density at radius 1 is 1.13 bits per heavy atom. The summed E-state index contributed by atoms with van der Waals surface area (Å²) >= 11 is 0. The maximum absolute atomic E-state index is 12.9. The van der Waals surface area contributed by atoms with Crippen LogP contribution in [0.1, 0.15) is 24.4 Å². The SMILES string of the molecule is Cc1cnc(-c2cnn(C)c2)cc1Nc1ncc2c(n1)n(C1CCOCC1)c(=O)n2C. The van der Waals surface area contributed by atoms with Crippen LogP contribution in [0.25, 0.3) is 22.4 Å². The summed E-state index contributed by atoms with van der Waals surface area (Å²) in [7, 11) is 3.63. The fourth-order valence-electron chi connectivity index (χ4n) is 3.96. The molecule has 160 valence electrons. The van der Waals surface area contributed by atoms with Gasteiger partial charge in [0.2, 0.25) is 5.95 Å². The molecule has 1 aliphatic rings. The highest BCUT2D eigenvalue weighted by atomic mass is 16.5. The van der Waals surface area contributed by atoms with Crippen LogP contribution in [0.2, 0.25) is 0 Å². The van der Waals surface area contributed by atoms with Crippen LogP contribution in [0, 0.1) is 6.92 Å². The Hall–Kier alpha value is -3.53. The molecule has 4 aromatic rings. The molecular formula is C21H24N8O2. The second kappa shape index (κ2) is 7.62. The summed E-state index contributed by atoms with van der Waals surface area (Å²) < 4.78 is 10.6. The zero-order valence-electron chi connectivity index (χ0n) is 17.7. The molecule has 5 rings (SSSR count). The van der Waals surface area contributed by atoms with Crippen molar-refractivity contribution in [3.63, 3.8) is 0 Å². The zero-order valence-corrected chi connectivity index (χ0v) is 17.7. The van der Waals surface area contributed by atoms with Crippen molar-refractivity contribution < 1.29 is 4.74 Å². The fraction of sp³-hybridized carbons (Fsp3) is 0.381. The third-order valence-corrected chi connectivity index (χ3v) is 5.74. The number of nitrogens with zero attached hydrogens (tertiary/aromatic N) is 7. The van der Waals surface area contributed by atoms with Crippen LogP contribution in [-0.2, 0) is 18.8 Å². The molecule has 0 atom stereocenters. The molecule has 0 radical (unpaired) electrons. The molecule has 0 unspecified atom stereocenters. The molecular weight excluding hydrogens is 396 g/mol. The standard InChI is InChI=1S/C21H24N8O2/c1-13-9-22-17(14-10-24-27(2)12-14)8-16(13)25-20-23-11-18-19(26-20)29(21(30)28(18)3)15-4-6-31-7-5-15/h8-12,15H,4-7H2,1-3H3,(H,22,23,25,26). The van der Waals surface area contributed by atoms with Gasteiger partial charge in [-0.15, -0.1) is 0 Å². The van der Waals surface area contributed by atoms with E-state index in [9.17, 15) is 4.79 Å². The monoisotopic (exact) mass is 420 g/mol. The van der Waals surface area contributed by atoms with Gasteiger partial charge >= 0.3 is 5.69 Å². The van der Waals surface area contributed by atoms with Crippen LogP contribution in [0.3, 0.4) is 0 Å².